The monoisotopic (exact) mass is 356 g/mol. The molecule has 0 spiro atoms. The average Bonchev–Trinajstić information content (AvgIpc) is 3.02. The molecule has 0 amide bonds. The average molecular weight is 356 g/mol. The Labute approximate surface area is 147 Å². The Hall–Kier alpha value is -2.60. The summed E-state index contributed by atoms with van der Waals surface area (Å²) in [7, 11) is -3.76. The topological polar surface area (TPSA) is 72.2 Å². The summed E-state index contributed by atoms with van der Waals surface area (Å²) in [6.45, 7) is 6.24. The van der Waals surface area contributed by atoms with E-state index < -0.39 is 10.0 Å². The Morgan fingerprint density at radius 1 is 0.960 bits per heavy atom. The van der Waals surface area contributed by atoms with Gasteiger partial charge in [-0.3, -0.25) is 0 Å². The van der Waals surface area contributed by atoms with Crippen molar-refractivity contribution in [3.05, 3.63) is 66.4 Å². The van der Waals surface area contributed by atoms with Gasteiger partial charge in [0.2, 0.25) is 5.88 Å². The molecule has 130 valence electrons. The highest BCUT2D eigenvalue weighted by atomic mass is 32.2. The summed E-state index contributed by atoms with van der Waals surface area (Å²) < 4.78 is 32.9. The van der Waals surface area contributed by atoms with E-state index in [-0.39, 0.29) is 16.2 Å². The number of aromatic nitrogens is 1. The number of anilines is 1. The van der Waals surface area contributed by atoms with Gasteiger partial charge in [0.1, 0.15) is 0 Å². The third-order valence-electron chi connectivity index (χ3n) is 3.91. The Morgan fingerprint density at radius 3 is 2.20 bits per heavy atom. The van der Waals surface area contributed by atoms with Crippen molar-refractivity contribution in [1.29, 1.82) is 0 Å². The number of hydrogen-bond donors (Lipinski definition) is 1. The third kappa shape index (κ3) is 3.74. The van der Waals surface area contributed by atoms with Gasteiger partial charge in [-0.05, 0) is 28.7 Å². The fourth-order valence-corrected chi connectivity index (χ4v) is 3.46. The molecule has 0 fully saturated rings. The van der Waals surface area contributed by atoms with E-state index in [9.17, 15) is 8.42 Å². The zero-order valence-corrected chi connectivity index (χ0v) is 15.2. The smallest absolute Gasteiger partial charge is 0.264 e. The molecule has 0 aliphatic carbocycles. The summed E-state index contributed by atoms with van der Waals surface area (Å²) in [4.78, 5) is 0.177. The molecule has 1 aromatic heterocycles. The normalized spacial score (nSPS) is 12.1. The molecule has 0 saturated carbocycles. The SMILES string of the molecule is CC(C)(C)c1ccc(S(=O)(=O)Nc2oncc2-c2ccccc2)cc1. The van der Waals surface area contributed by atoms with Crippen LogP contribution in [0.3, 0.4) is 0 Å². The standard InChI is InChI=1S/C19H20N2O3S/c1-19(2,3)15-9-11-16(12-10-15)25(22,23)21-18-17(13-20-24-18)14-7-5-4-6-8-14/h4-13,21H,1-3H3. The van der Waals surface area contributed by atoms with Gasteiger partial charge in [-0.1, -0.05) is 68.4 Å². The van der Waals surface area contributed by atoms with Crippen molar-refractivity contribution in [3.63, 3.8) is 0 Å². The number of rotatable bonds is 4. The van der Waals surface area contributed by atoms with Crippen LogP contribution >= 0.6 is 0 Å². The van der Waals surface area contributed by atoms with Crippen LogP contribution in [-0.2, 0) is 15.4 Å². The molecule has 0 unspecified atom stereocenters. The van der Waals surface area contributed by atoms with Crippen LogP contribution in [-0.4, -0.2) is 13.6 Å². The summed E-state index contributed by atoms with van der Waals surface area (Å²) in [6.07, 6.45) is 1.50. The third-order valence-corrected chi connectivity index (χ3v) is 5.26. The molecule has 3 rings (SSSR count). The highest BCUT2D eigenvalue weighted by molar-refractivity contribution is 7.92. The lowest BCUT2D eigenvalue weighted by molar-refractivity contribution is 0.435. The number of hydrogen-bond acceptors (Lipinski definition) is 4. The van der Waals surface area contributed by atoms with Crippen molar-refractivity contribution in [2.75, 3.05) is 4.72 Å². The molecule has 1 heterocycles. The molecule has 5 nitrogen and oxygen atoms in total. The molecule has 25 heavy (non-hydrogen) atoms. The van der Waals surface area contributed by atoms with Gasteiger partial charge in [0.25, 0.3) is 10.0 Å². The van der Waals surface area contributed by atoms with Crippen LogP contribution < -0.4 is 4.72 Å². The minimum Gasteiger partial charge on any atom is -0.337 e. The van der Waals surface area contributed by atoms with Crippen LogP contribution in [0.15, 0.2) is 70.2 Å². The molecule has 1 N–H and O–H groups in total. The molecule has 0 atom stereocenters. The predicted molar refractivity (Wildman–Crippen MR) is 97.9 cm³/mol. The molecule has 6 heteroatoms. The Balaban J connectivity index is 1.90. The van der Waals surface area contributed by atoms with Gasteiger partial charge in [0, 0.05) is 0 Å². The van der Waals surface area contributed by atoms with Crippen LogP contribution in [0, 0.1) is 0 Å². The van der Waals surface area contributed by atoms with Gasteiger partial charge in [0.05, 0.1) is 16.7 Å². The number of nitrogens with zero attached hydrogens (tertiary/aromatic N) is 1. The molecule has 0 radical (unpaired) electrons. The first-order valence-electron chi connectivity index (χ1n) is 7.91. The van der Waals surface area contributed by atoms with Crippen molar-refractivity contribution in [1.82, 2.24) is 5.16 Å². The lowest BCUT2D eigenvalue weighted by Crippen LogP contribution is -2.15. The van der Waals surface area contributed by atoms with Crippen molar-refractivity contribution >= 4 is 15.9 Å². The van der Waals surface area contributed by atoms with Crippen LogP contribution in [0.1, 0.15) is 26.3 Å². The summed E-state index contributed by atoms with van der Waals surface area (Å²) in [6, 6.07) is 16.2. The largest absolute Gasteiger partial charge is 0.337 e. The molecular weight excluding hydrogens is 336 g/mol. The van der Waals surface area contributed by atoms with Crippen LogP contribution in [0.25, 0.3) is 11.1 Å². The van der Waals surface area contributed by atoms with Crippen molar-refractivity contribution < 1.29 is 12.9 Å². The number of benzene rings is 2. The van der Waals surface area contributed by atoms with Crippen molar-refractivity contribution in [2.24, 2.45) is 0 Å². The van der Waals surface area contributed by atoms with E-state index in [0.717, 1.165) is 11.1 Å². The van der Waals surface area contributed by atoms with Crippen LogP contribution in [0.2, 0.25) is 0 Å². The highest BCUT2D eigenvalue weighted by Gasteiger charge is 2.21. The van der Waals surface area contributed by atoms with E-state index in [1.807, 2.05) is 42.5 Å². The zero-order chi connectivity index (χ0) is 18.1. The maximum atomic E-state index is 12.6. The van der Waals surface area contributed by atoms with Crippen molar-refractivity contribution in [3.8, 4) is 11.1 Å². The van der Waals surface area contributed by atoms with Crippen LogP contribution in [0.5, 0.6) is 0 Å². The van der Waals surface area contributed by atoms with Gasteiger partial charge in [-0.15, -0.1) is 0 Å². The predicted octanol–water partition coefficient (Wildman–Crippen LogP) is 4.44. The van der Waals surface area contributed by atoms with Gasteiger partial charge < -0.3 is 4.52 Å². The first kappa shape index (κ1) is 17.2. The summed E-state index contributed by atoms with van der Waals surface area (Å²) >= 11 is 0. The molecule has 0 saturated heterocycles. The van der Waals surface area contributed by atoms with Crippen molar-refractivity contribution in [2.45, 2.75) is 31.1 Å². The summed E-state index contributed by atoms with van der Waals surface area (Å²) in [5.41, 5.74) is 2.44. The second-order valence-electron chi connectivity index (χ2n) is 6.81. The first-order valence-corrected chi connectivity index (χ1v) is 9.39. The minimum atomic E-state index is -3.76. The first-order chi connectivity index (χ1) is 11.8. The van der Waals surface area contributed by atoms with E-state index >= 15 is 0 Å². The Morgan fingerprint density at radius 2 is 1.60 bits per heavy atom. The van der Waals surface area contributed by atoms with Gasteiger partial charge >= 0.3 is 0 Å². The molecule has 3 aromatic rings. The van der Waals surface area contributed by atoms with Gasteiger partial charge in [-0.25, -0.2) is 13.1 Å². The van der Waals surface area contributed by atoms with E-state index in [0.29, 0.717) is 5.56 Å². The van der Waals surface area contributed by atoms with E-state index in [2.05, 4.69) is 30.6 Å². The quantitative estimate of drug-likeness (QED) is 0.750. The Kier molecular flexibility index (Phi) is 4.39. The zero-order valence-electron chi connectivity index (χ0n) is 14.4. The fourth-order valence-electron chi connectivity index (χ4n) is 2.45. The number of sulfonamides is 1. The van der Waals surface area contributed by atoms with Gasteiger partial charge in [0.15, 0.2) is 0 Å². The fraction of sp³-hybridized carbons (Fsp3) is 0.211. The summed E-state index contributed by atoms with van der Waals surface area (Å²) in [5, 5.41) is 3.72. The Bertz CT molecular complexity index is 954. The maximum Gasteiger partial charge on any atom is 0.264 e. The molecule has 2 aromatic carbocycles. The second kappa shape index (κ2) is 6.37. The van der Waals surface area contributed by atoms with Gasteiger partial charge in [-0.2, -0.15) is 0 Å². The molecule has 0 aliphatic heterocycles. The second-order valence-corrected chi connectivity index (χ2v) is 8.50. The lowest BCUT2D eigenvalue weighted by atomic mass is 9.87. The highest BCUT2D eigenvalue weighted by Crippen LogP contribution is 2.30. The van der Waals surface area contributed by atoms with E-state index in [1.165, 1.54) is 6.20 Å². The number of nitrogens with one attached hydrogen (secondary N) is 1. The minimum absolute atomic E-state index is 0.0405. The molecule has 0 aliphatic rings. The maximum absolute atomic E-state index is 12.6. The van der Waals surface area contributed by atoms with E-state index in [4.69, 9.17) is 4.52 Å². The van der Waals surface area contributed by atoms with Crippen LogP contribution in [0.4, 0.5) is 5.88 Å². The molecule has 0 bridgehead atoms. The van der Waals surface area contributed by atoms with E-state index in [1.54, 1.807) is 12.1 Å². The lowest BCUT2D eigenvalue weighted by Gasteiger charge is -2.19. The summed E-state index contributed by atoms with van der Waals surface area (Å²) in [5.74, 6) is 0.103. The molecular formula is C19H20N2O3S.